The van der Waals surface area contributed by atoms with Crippen molar-refractivity contribution >= 4 is 5.91 Å². The van der Waals surface area contributed by atoms with E-state index >= 15 is 0 Å². The van der Waals surface area contributed by atoms with Crippen molar-refractivity contribution in [3.63, 3.8) is 0 Å². The van der Waals surface area contributed by atoms with Gasteiger partial charge >= 0.3 is 0 Å². The van der Waals surface area contributed by atoms with Crippen LogP contribution >= 0.6 is 0 Å². The number of piperidine rings is 1. The van der Waals surface area contributed by atoms with E-state index in [0.29, 0.717) is 17.3 Å². The number of carbonyl (C=O) groups excluding carboxylic acids is 1. The third-order valence-electron chi connectivity index (χ3n) is 5.72. The van der Waals surface area contributed by atoms with E-state index in [9.17, 15) is 4.79 Å². The third kappa shape index (κ3) is 3.73. The lowest BCUT2D eigenvalue weighted by molar-refractivity contribution is -0.141. The van der Waals surface area contributed by atoms with Crippen LogP contribution in [-0.4, -0.2) is 27.5 Å². The fourth-order valence-corrected chi connectivity index (χ4v) is 4.25. The number of rotatable bonds is 3. The van der Waals surface area contributed by atoms with Crippen LogP contribution < -0.4 is 0 Å². The number of hydrogen-bond donors (Lipinski definition) is 0. The first kappa shape index (κ1) is 17.7. The Balaban J connectivity index is 1.56. The normalized spacial score (nSPS) is 21.0. The van der Waals surface area contributed by atoms with Crippen LogP contribution in [0.3, 0.4) is 0 Å². The summed E-state index contributed by atoms with van der Waals surface area (Å²) in [5.41, 5.74) is 1.32. The Labute approximate surface area is 159 Å². The van der Waals surface area contributed by atoms with E-state index in [0.717, 1.165) is 57.1 Å². The van der Waals surface area contributed by atoms with Gasteiger partial charge in [-0.3, -0.25) is 4.79 Å². The van der Waals surface area contributed by atoms with Gasteiger partial charge in [0.25, 0.3) is 0 Å². The highest BCUT2D eigenvalue weighted by atomic mass is 16.5. The van der Waals surface area contributed by atoms with Crippen molar-refractivity contribution in [3.05, 3.63) is 35.7 Å². The summed E-state index contributed by atoms with van der Waals surface area (Å²) in [5, 5.41) is 13.2. The Kier molecular flexibility index (Phi) is 5.19. The Bertz CT molecular complexity index is 848. The summed E-state index contributed by atoms with van der Waals surface area (Å²) < 4.78 is 5.56. The molecule has 0 N–H and O–H groups in total. The van der Waals surface area contributed by atoms with Crippen LogP contribution in [0.2, 0.25) is 0 Å². The standard InChI is InChI=1S/C21H24N4O2/c22-14-15-7-6-10-17(13-15)19-23-20(27-24-19)18-11-4-5-12-25(18)21(26)16-8-2-1-3-9-16/h6-7,10,13,16,18H,1-5,8-9,11-12H2. The van der Waals surface area contributed by atoms with Crippen LogP contribution in [-0.2, 0) is 4.79 Å². The molecule has 0 radical (unpaired) electrons. The molecule has 0 spiro atoms. The van der Waals surface area contributed by atoms with Gasteiger partial charge in [-0.2, -0.15) is 10.2 Å². The molecule has 1 unspecified atom stereocenters. The van der Waals surface area contributed by atoms with Gasteiger partial charge in [-0.25, -0.2) is 0 Å². The van der Waals surface area contributed by atoms with E-state index in [-0.39, 0.29) is 17.9 Å². The summed E-state index contributed by atoms with van der Waals surface area (Å²) in [7, 11) is 0. The monoisotopic (exact) mass is 364 g/mol. The Morgan fingerprint density at radius 3 is 2.78 bits per heavy atom. The maximum atomic E-state index is 13.1. The van der Waals surface area contributed by atoms with Gasteiger partial charge in [0.1, 0.15) is 6.04 Å². The van der Waals surface area contributed by atoms with Crippen molar-refractivity contribution in [3.8, 4) is 17.5 Å². The predicted molar refractivity (Wildman–Crippen MR) is 99.3 cm³/mol. The minimum atomic E-state index is -0.131. The smallest absolute Gasteiger partial charge is 0.249 e. The first-order chi connectivity index (χ1) is 13.3. The lowest BCUT2D eigenvalue weighted by Gasteiger charge is -2.36. The average molecular weight is 364 g/mol. The minimum Gasteiger partial charge on any atom is -0.337 e. The molecule has 1 aliphatic heterocycles. The molecule has 1 saturated heterocycles. The van der Waals surface area contributed by atoms with Crippen molar-refractivity contribution in [1.82, 2.24) is 15.0 Å². The van der Waals surface area contributed by atoms with Crippen molar-refractivity contribution in [1.29, 1.82) is 5.26 Å². The number of carbonyl (C=O) groups is 1. The molecule has 2 aromatic rings. The van der Waals surface area contributed by atoms with Crippen molar-refractivity contribution in [2.75, 3.05) is 6.54 Å². The van der Waals surface area contributed by atoms with Gasteiger partial charge in [0.05, 0.1) is 11.6 Å². The maximum Gasteiger partial charge on any atom is 0.249 e. The molecule has 1 aromatic heterocycles. The molecule has 4 rings (SSSR count). The molecule has 2 heterocycles. The first-order valence-electron chi connectivity index (χ1n) is 9.91. The largest absolute Gasteiger partial charge is 0.337 e. The highest BCUT2D eigenvalue weighted by molar-refractivity contribution is 5.79. The molecule has 27 heavy (non-hydrogen) atoms. The van der Waals surface area contributed by atoms with E-state index in [2.05, 4.69) is 16.2 Å². The fourth-order valence-electron chi connectivity index (χ4n) is 4.25. The summed E-state index contributed by atoms with van der Waals surface area (Å²) in [5.74, 6) is 1.38. The molecule has 2 aliphatic rings. The molecule has 6 nitrogen and oxygen atoms in total. The topological polar surface area (TPSA) is 83.0 Å². The molecule has 1 amide bonds. The number of likely N-dealkylation sites (tertiary alicyclic amines) is 1. The van der Waals surface area contributed by atoms with Crippen LogP contribution in [0.15, 0.2) is 28.8 Å². The van der Waals surface area contributed by atoms with Gasteiger partial charge in [-0.05, 0) is 44.2 Å². The van der Waals surface area contributed by atoms with Crippen LogP contribution in [0.4, 0.5) is 0 Å². The lowest BCUT2D eigenvalue weighted by Crippen LogP contribution is -2.42. The molecule has 1 saturated carbocycles. The van der Waals surface area contributed by atoms with Crippen LogP contribution in [0, 0.1) is 17.2 Å². The second-order valence-electron chi connectivity index (χ2n) is 7.53. The summed E-state index contributed by atoms with van der Waals surface area (Å²) >= 11 is 0. The minimum absolute atomic E-state index is 0.131. The van der Waals surface area contributed by atoms with Crippen LogP contribution in [0.1, 0.15) is 68.9 Å². The zero-order chi connectivity index (χ0) is 18.6. The number of amides is 1. The number of nitriles is 1. The molecule has 140 valence electrons. The van der Waals surface area contributed by atoms with Gasteiger partial charge in [-0.1, -0.05) is 36.6 Å². The highest BCUT2D eigenvalue weighted by Gasteiger charge is 2.35. The number of aromatic nitrogens is 2. The fraction of sp³-hybridized carbons (Fsp3) is 0.524. The van der Waals surface area contributed by atoms with Crippen LogP contribution in [0.5, 0.6) is 0 Å². The maximum absolute atomic E-state index is 13.1. The summed E-state index contributed by atoms with van der Waals surface area (Å²) in [4.78, 5) is 19.6. The van der Waals surface area contributed by atoms with Crippen LogP contribution in [0.25, 0.3) is 11.4 Å². The van der Waals surface area contributed by atoms with Gasteiger partial charge in [0, 0.05) is 18.0 Å². The van der Waals surface area contributed by atoms with Crippen molar-refractivity contribution < 1.29 is 9.32 Å². The second-order valence-corrected chi connectivity index (χ2v) is 7.53. The number of hydrogen-bond acceptors (Lipinski definition) is 5. The lowest BCUT2D eigenvalue weighted by atomic mass is 9.87. The summed E-state index contributed by atoms with van der Waals surface area (Å²) in [6.45, 7) is 0.766. The first-order valence-corrected chi connectivity index (χ1v) is 9.91. The van der Waals surface area contributed by atoms with E-state index in [4.69, 9.17) is 9.78 Å². The Morgan fingerprint density at radius 1 is 1.15 bits per heavy atom. The number of benzene rings is 1. The molecule has 6 heteroatoms. The molecule has 2 fully saturated rings. The quantitative estimate of drug-likeness (QED) is 0.813. The molecular formula is C21H24N4O2. The van der Waals surface area contributed by atoms with E-state index in [1.165, 1.54) is 6.42 Å². The van der Waals surface area contributed by atoms with Crippen molar-refractivity contribution in [2.45, 2.75) is 57.4 Å². The van der Waals surface area contributed by atoms with E-state index in [1.54, 1.807) is 12.1 Å². The average Bonchev–Trinajstić information content (AvgIpc) is 3.24. The SMILES string of the molecule is N#Cc1cccc(-c2noc(C3CCCCN3C(=O)C3CCCCC3)n2)c1. The van der Waals surface area contributed by atoms with Gasteiger partial charge in [0.15, 0.2) is 0 Å². The van der Waals surface area contributed by atoms with Gasteiger partial charge < -0.3 is 9.42 Å². The van der Waals surface area contributed by atoms with Crippen molar-refractivity contribution in [2.24, 2.45) is 5.92 Å². The zero-order valence-electron chi connectivity index (χ0n) is 15.4. The Hall–Kier alpha value is -2.68. The molecule has 0 bridgehead atoms. The molecule has 1 atom stereocenters. The van der Waals surface area contributed by atoms with Gasteiger partial charge in [0.2, 0.25) is 17.6 Å². The number of nitrogens with zero attached hydrogens (tertiary/aromatic N) is 4. The van der Waals surface area contributed by atoms with Gasteiger partial charge in [-0.15, -0.1) is 0 Å². The second kappa shape index (κ2) is 7.91. The molecule has 1 aromatic carbocycles. The molecular weight excluding hydrogens is 340 g/mol. The third-order valence-corrected chi connectivity index (χ3v) is 5.72. The summed E-state index contributed by atoms with van der Waals surface area (Å²) in [6, 6.07) is 9.16. The summed E-state index contributed by atoms with van der Waals surface area (Å²) in [6.07, 6.45) is 8.47. The highest BCUT2D eigenvalue weighted by Crippen LogP contribution is 2.35. The van der Waals surface area contributed by atoms with E-state index in [1.807, 2.05) is 17.0 Å². The molecule has 1 aliphatic carbocycles. The van der Waals surface area contributed by atoms with E-state index < -0.39 is 0 Å². The zero-order valence-corrected chi connectivity index (χ0v) is 15.4. The Morgan fingerprint density at radius 2 is 1.96 bits per heavy atom. The predicted octanol–water partition coefficient (Wildman–Crippen LogP) is 4.24.